The van der Waals surface area contributed by atoms with Crippen molar-refractivity contribution in [3.8, 4) is 0 Å². The second kappa shape index (κ2) is 8.45. The maximum atomic E-state index is 13.3. The van der Waals surface area contributed by atoms with E-state index in [1.54, 1.807) is 0 Å². The molecule has 0 radical (unpaired) electrons. The Balaban J connectivity index is 1.46. The van der Waals surface area contributed by atoms with Gasteiger partial charge in [-0.15, -0.1) is 0 Å². The fourth-order valence-corrected chi connectivity index (χ4v) is 2.98. The topological polar surface area (TPSA) is 66.0 Å². The maximum absolute atomic E-state index is 13.3. The number of fused-ring (bicyclic) bond motifs is 1. The van der Waals surface area contributed by atoms with Crippen LogP contribution in [0, 0.1) is 5.82 Å². The number of carbonyl (C=O) groups excluding carboxylic acids is 1. The van der Waals surface area contributed by atoms with Crippen LogP contribution in [-0.2, 0) is 19.0 Å². The molecule has 3 rings (SSSR count). The molecule has 1 aliphatic rings. The smallest absolute Gasteiger partial charge is 0.370 e. The van der Waals surface area contributed by atoms with Crippen LogP contribution in [-0.4, -0.2) is 24.1 Å². The predicted octanol–water partition coefficient (Wildman–Crippen LogP) is 4.35. The third-order valence-electron chi connectivity index (χ3n) is 4.38. The predicted molar refractivity (Wildman–Crippen MR) is 97.8 cm³/mol. The van der Waals surface area contributed by atoms with E-state index in [9.17, 15) is 22.4 Å². The van der Waals surface area contributed by atoms with Gasteiger partial charge in [-0.25, -0.2) is 14.2 Å². The third kappa shape index (κ3) is 5.11. The molecule has 2 heterocycles. The summed E-state index contributed by atoms with van der Waals surface area (Å²) in [4.78, 5) is 16.4. The third-order valence-corrected chi connectivity index (χ3v) is 4.38. The van der Waals surface area contributed by atoms with Crippen molar-refractivity contribution < 1.29 is 22.4 Å². The zero-order valence-electron chi connectivity index (χ0n) is 15.0. The highest BCUT2D eigenvalue weighted by molar-refractivity contribution is 5.89. The van der Waals surface area contributed by atoms with Gasteiger partial charge in [0.05, 0.1) is 5.56 Å². The summed E-state index contributed by atoms with van der Waals surface area (Å²) in [7, 11) is 0. The molecule has 150 valence electrons. The molecule has 0 saturated heterocycles. The second-order valence-electron chi connectivity index (χ2n) is 6.52. The number of pyridine rings is 1. The minimum absolute atomic E-state index is 0.131. The summed E-state index contributed by atoms with van der Waals surface area (Å²) in [6.07, 6.45) is -1.45. The quantitative estimate of drug-likeness (QED) is 0.520. The number of halogens is 4. The summed E-state index contributed by atoms with van der Waals surface area (Å²) in [5, 5.41) is 8.11. The van der Waals surface area contributed by atoms with Crippen LogP contribution in [0.2, 0.25) is 0 Å². The number of hydrogen-bond donors (Lipinski definition) is 3. The van der Waals surface area contributed by atoms with Crippen molar-refractivity contribution in [1.29, 1.82) is 0 Å². The minimum atomic E-state index is -4.82. The average Bonchev–Trinajstić information content (AvgIpc) is 2.66. The van der Waals surface area contributed by atoms with E-state index in [0.29, 0.717) is 31.5 Å². The number of benzene rings is 1. The van der Waals surface area contributed by atoms with Gasteiger partial charge in [-0.1, -0.05) is 6.07 Å². The van der Waals surface area contributed by atoms with Gasteiger partial charge in [0.25, 0.3) is 0 Å². The van der Waals surface area contributed by atoms with E-state index in [2.05, 4.69) is 27.0 Å². The normalized spacial score (nSPS) is 13.4. The average molecular weight is 396 g/mol. The first-order chi connectivity index (χ1) is 13.3. The Morgan fingerprint density at radius 1 is 1.21 bits per heavy atom. The van der Waals surface area contributed by atoms with E-state index in [1.807, 2.05) is 6.07 Å². The first-order valence-corrected chi connectivity index (χ1v) is 8.97. The van der Waals surface area contributed by atoms with Crippen LogP contribution in [0.25, 0.3) is 0 Å². The number of carbonyl (C=O) groups is 1. The number of aryl methyl sites for hydroxylation is 2. The van der Waals surface area contributed by atoms with Crippen LogP contribution >= 0.6 is 0 Å². The maximum Gasteiger partial charge on any atom is 0.419 e. The lowest BCUT2D eigenvalue weighted by Crippen LogP contribution is -2.30. The lowest BCUT2D eigenvalue weighted by molar-refractivity contribution is -0.139. The van der Waals surface area contributed by atoms with Crippen LogP contribution in [0.5, 0.6) is 0 Å². The van der Waals surface area contributed by atoms with Gasteiger partial charge in [0, 0.05) is 24.5 Å². The van der Waals surface area contributed by atoms with E-state index < -0.39 is 23.6 Å². The highest BCUT2D eigenvalue weighted by Gasteiger charge is 2.34. The second-order valence-corrected chi connectivity index (χ2v) is 6.52. The van der Waals surface area contributed by atoms with Crippen molar-refractivity contribution in [2.45, 2.75) is 31.9 Å². The van der Waals surface area contributed by atoms with E-state index in [0.717, 1.165) is 37.0 Å². The number of nitrogens with zero attached hydrogens (tertiary/aromatic N) is 1. The van der Waals surface area contributed by atoms with E-state index >= 15 is 0 Å². The number of amides is 2. The lowest BCUT2D eigenvalue weighted by Gasteiger charge is -2.17. The van der Waals surface area contributed by atoms with Crippen molar-refractivity contribution in [2.24, 2.45) is 0 Å². The molecule has 0 unspecified atom stereocenters. The molecular formula is C19H20F4N4O. The number of rotatable bonds is 5. The number of anilines is 2. The summed E-state index contributed by atoms with van der Waals surface area (Å²) < 4.78 is 51.4. The fourth-order valence-electron chi connectivity index (χ4n) is 2.98. The standard InChI is InChI=1S/C19H20F4N4O/c20-16-8-7-14(11-15(16)19(21,22)23)27-18(28)25-10-2-4-13-6-5-12-3-1-9-24-17(12)26-13/h5-8,11H,1-4,9-10H2,(H,24,26)(H2,25,27,28). The number of alkyl halides is 3. The van der Waals surface area contributed by atoms with Crippen LogP contribution in [0.1, 0.15) is 29.7 Å². The Labute approximate surface area is 159 Å². The molecule has 1 aromatic carbocycles. The van der Waals surface area contributed by atoms with Gasteiger partial charge in [-0.2, -0.15) is 13.2 Å². The molecule has 0 bridgehead atoms. The van der Waals surface area contributed by atoms with Crippen molar-refractivity contribution in [2.75, 3.05) is 23.7 Å². The van der Waals surface area contributed by atoms with Gasteiger partial charge < -0.3 is 16.0 Å². The fraction of sp³-hybridized carbons (Fsp3) is 0.368. The lowest BCUT2D eigenvalue weighted by atomic mass is 10.1. The van der Waals surface area contributed by atoms with Crippen molar-refractivity contribution in [3.05, 3.63) is 53.0 Å². The van der Waals surface area contributed by atoms with Gasteiger partial charge in [-0.3, -0.25) is 0 Å². The van der Waals surface area contributed by atoms with Gasteiger partial charge in [-0.05, 0) is 55.5 Å². The molecule has 3 N–H and O–H groups in total. The molecule has 5 nitrogen and oxygen atoms in total. The summed E-state index contributed by atoms with van der Waals surface area (Å²) in [6.45, 7) is 1.23. The number of urea groups is 1. The first kappa shape index (κ1) is 19.9. The zero-order chi connectivity index (χ0) is 20.1. The molecule has 1 aromatic heterocycles. The van der Waals surface area contributed by atoms with Gasteiger partial charge >= 0.3 is 12.2 Å². The summed E-state index contributed by atoms with van der Waals surface area (Å²) >= 11 is 0. The van der Waals surface area contributed by atoms with Gasteiger partial charge in [0.2, 0.25) is 0 Å². The highest BCUT2D eigenvalue weighted by atomic mass is 19.4. The first-order valence-electron chi connectivity index (χ1n) is 8.97. The van der Waals surface area contributed by atoms with Gasteiger partial charge in [0.1, 0.15) is 11.6 Å². The highest BCUT2D eigenvalue weighted by Crippen LogP contribution is 2.32. The Morgan fingerprint density at radius 2 is 2.04 bits per heavy atom. The van der Waals surface area contributed by atoms with Crippen molar-refractivity contribution in [1.82, 2.24) is 10.3 Å². The Kier molecular flexibility index (Phi) is 6.01. The number of hydrogen-bond acceptors (Lipinski definition) is 3. The molecule has 1 aliphatic heterocycles. The molecule has 9 heteroatoms. The number of nitrogens with one attached hydrogen (secondary N) is 3. The van der Waals surface area contributed by atoms with Crippen LogP contribution in [0.3, 0.4) is 0 Å². The number of aromatic nitrogens is 1. The SMILES string of the molecule is O=C(NCCCc1ccc2c(n1)NCCC2)Nc1ccc(F)c(C(F)(F)F)c1. The Morgan fingerprint density at radius 3 is 2.82 bits per heavy atom. The largest absolute Gasteiger partial charge is 0.419 e. The van der Waals surface area contributed by atoms with E-state index in [1.165, 1.54) is 5.56 Å². The Bertz CT molecular complexity index is 854. The van der Waals surface area contributed by atoms with Crippen molar-refractivity contribution >= 4 is 17.5 Å². The van der Waals surface area contributed by atoms with Crippen LogP contribution in [0.15, 0.2) is 30.3 Å². The molecule has 0 saturated carbocycles. The monoisotopic (exact) mass is 396 g/mol. The molecule has 2 amide bonds. The van der Waals surface area contributed by atoms with Crippen molar-refractivity contribution in [3.63, 3.8) is 0 Å². The molecule has 28 heavy (non-hydrogen) atoms. The molecular weight excluding hydrogens is 376 g/mol. The van der Waals surface area contributed by atoms with E-state index in [4.69, 9.17) is 0 Å². The van der Waals surface area contributed by atoms with Gasteiger partial charge in [0.15, 0.2) is 0 Å². The van der Waals surface area contributed by atoms with Crippen LogP contribution in [0.4, 0.5) is 33.9 Å². The Hall–Kier alpha value is -2.84. The summed E-state index contributed by atoms with van der Waals surface area (Å²) in [5.41, 5.74) is 0.555. The minimum Gasteiger partial charge on any atom is -0.370 e. The zero-order valence-corrected chi connectivity index (χ0v) is 15.0. The molecule has 0 atom stereocenters. The van der Waals surface area contributed by atoms with E-state index in [-0.39, 0.29) is 5.69 Å². The molecule has 2 aromatic rings. The summed E-state index contributed by atoms with van der Waals surface area (Å²) in [5.74, 6) is -0.475. The molecule has 0 aliphatic carbocycles. The van der Waals surface area contributed by atoms with Crippen LogP contribution < -0.4 is 16.0 Å². The molecule has 0 fully saturated rings. The molecule has 0 spiro atoms. The summed E-state index contributed by atoms with van der Waals surface area (Å²) in [6, 6.07) is 5.68.